The molecule has 0 aliphatic carbocycles. The molecule has 1 aromatic carbocycles. The number of hydrogen-bond acceptors (Lipinski definition) is 4. The molecule has 1 heterocycles. The molecule has 0 bridgehead atoms. The molecule has 16 heavy (non-hydrogen) atoms. The maximum atomic E-state index is 13.4. The number of nitrogen functional groups attached to an aromatic ring is 1. The third-order valence-electron chi connectivity index (χ3n) is 2.17. The maximum absolute atomic E-state index is 13.4. The SMILES string of the molecule is Nc1ccc(NCCc2cscn2)c(F)c1. The second-order valence-corrected chi connectivity index (χ2v) is 4.11. The zero-order chi connectivity index (χ0) is 11.4. The summed E-state index contributed by atoms with van der Waals surface area (Å²) in [5.74, 6) is -0.321. The fourth-order valence-corrected chi connectivity index (χ4v) is 1.95. The lowest BCUT2D eigenvalue weighted by molar-refractivity contribution is 0.630. The number of halogens is 1. The van der Waals surface area contributed by atoms with E-state index in [0.29, 0.717) is 17.9 Å². The molecule has 0 aliphatic rings. The van der Waals surface area contributed by atoms with E-state index in [1.54, 1.807) is 29.0 Å². The Morgan fingerprint density at radius 3 is 3.00 bits per heavy atom. The summed E-state index contributed by atoms with van der Waals surface area (Å²) in [5.41, 5.74) is 9.18. The van der Waals surface area contributed by atoms with Gasteiger partial charge < -0.3 is 11.1 Å². The van der Waals surface area contributed by atoms with Gasteiger partial charge >= 0.3 is 0 Å². The average molecular weight is 237 g/mol. The van der Waals surface area contributed by atoms with Crippen LogP contribution in [-0.4, -0.2) is 11.5 Å². The Morgan fingerprint density at radius 2 is 2.31 bits per heavy atom. The van der Waals surface area contributed by atoms with Crippen molar-refractivity contribution >= 4 is 22.7 Å². The Bertz CT molecular complexity index is 456. The van der Waals surface area contributed by atoms with E-state index < -0.39 is 0 Å². The fraction of sp³-hybridized carbons (Fsp3) is 0.182. The Hall–Kier alpha value is -1.62. The number of anilines is 2. The smallest absolute Gasteiger partial charge is 0.148 e. The molecule has 2 rings (SSSR count). The number of aromatic nitrogens is 1. The Morgan fingerprint density at radius 1 is 1.44 bits per heavy atom. The minimum atomic E-state index is -0.321. The summed E-state index contributed by atoms with van der Waals surface area (Å²) in [6, 6.07) is 4.63. The van der Waals surface area contributed by atoms with E-state index >= 15 is 0 Å². The van der Waals surface area contributed by atoms with E-state index in [2.05, 4.69) is 10.3 Å². The number of thiazole rings is 1. The molecule has 1 aromatic heterocycles. The number of benzene rings is 1. The third kappa shape index (κ3) is 2.70. The van der Waals surface area contributed by atoms with Crippen molar-refractivity contribution in [2.24, 2.45) is 0 Å². The first-order chi connectivity index (χ1) is 7.75. The second-order valence-electron chi connectivity index (χ2n) is 3.40. The van der Waals surface area contributed by atoms with Crippen LogP contribution in [0.5, 0.6) is 0 Å². The van der Waals surface area contributed by atoms with E-state index in [1.165, 1.54) is 6.07 Å². The molecule has 0 saturated carbocycles. The van der Waals surface area contributed by atoms with Gasteiger partial charge in [0.2, 0.25) is 0 Å². The van der Waals surface area contributed by atoms with Gasteiger partial charge in [-0.1, -0.05) is 0 Å². The van der Waals surface area contributed by atoms with E-state index in [9.17, 15) is 4.39 Å². The van der Waals surface area contributed by atoms with E-state index in [1.807, 2.05) is 5.38 Å². The summed E-state index contributed by atoms with van der Waals surface area (Å²) in [6.45, 7) is 0.657. The maximum Gasteiger partial charge on any atom is 0.148 e. The van der Waals surface area contributed by atoms with Crippen LogP contribution < -0.4 is 11.1 Å². The molecule has 0 unspecified atom stereocenters. The van der Waals surface area contributed by atoms with Crippen molar-refractivity contribution in [2.45, 2.75) is 6.42 Å². The zero-order valence-corrected chi connectivity index (χ0v) is 9.43. The summed E-state index contributed by atoms with van der Waals surface area (Å²) in [5, 5.41) is 5.00. The molecule has 0 aliphatic heterocycles. The first-order valence-electron chi connectivity index (χ1n) is 4.91. The first kappa shape index (κ1) is 10.9. The summed E-state index contributed by atoms with van der Waals surface area (Å²) >= 11 is 1.56. The Labute approximate surface area is 97.1 Å². The molecule has 5 heteroatoms. The number of nitrogens with one attached hydrogen (secondary N) is 1. The predicted molar refractivity (Wildman–Crippen MR) is 65.1 cm³/mol. The van der Waals surface area contributed by atoms with E-state index in [4.69, 9.17) is 5.73 Å². The van der Waals surface area contributed by atoms with Crippen LogP contribution in [0.3, 0.4) is 0 Å². The molecular weight excluding hydrogens is 225 g/mol. The van der Waals surface area contributed by atoms with Crippen molar-refractivity contribution in [1.82, 2.24) is 4.98 Å². The van der Waals surface area contributed by atoms with Crippen LogP contribution in [0.25, 0.3) is 0 Å². The lowest BCUT2D eigenvalue weighted by Crippen LogP contribution is -2.06. The molecular formula is C11H12FN3S. The number of rotatable bonds is 4. The Balaban J connectivity index is 1.90. The van der Waals surface area contributed by atoms with Gasteiger partial charge in [-0.2, -0.15) is 0 Å². The average Bonchev–Trinajstić information content (AvgIpc) is 2.74. The molecule has 2 aromatic rings. The molecule has 0 radical (unpaired) electrons. The van der Waals surface area contributed by atoms with Crippen molar-refractivity contribution in [3.63, 3.8) is 0 Å². The third-order valence-corrected chi connectivity index (χ3v) is 2.81. The normalized spacial score (nSPS) is 10.3. The summed E-state index contributed by atoms with van der Waals surface area (Å²) in [7, 11) is 0. The summed E-state index contributed by atoms with van der Waals surface area (Å²) in [6.07, 6.45) is 0.785. The van der Waals surface area contributed by atoms with Crippen molar-refractivity contribution in [1.29, 1.82) is 0 Å². The molecule has 3 nitrogen and oxygen atoms in total. The lowest BCUT2D eigenvalue weighted by atomic mass is 10.2. The minimum absolute atomic E-state index is 0.321. The largest absolute Gasteiger partial charge is 0.399 e. The first-order valence-corrected chi connectivity index (χ1v) is 5.86. The highest BCUT2D eigenvalue weighted by Crippen LogP contribution is 2.16. The predicted octanol–water partition coefficient (Wildman–Crippen LogP) is 2.52. The zero-order valence-electron chi connectivity index (χ0n) is 8.61. The molecule has 0 atom stereocenters. The highest BCUT2D eigenvalue weighted by Gasteiger charge is 2.01. The monoisotopic (exact) mass is 237 g/mol. The van der Waals surface area contributed by atoms with Crippen molar-refractivity contribution in [3.8, 4) is 0 Å². The van der Waals surface area contributed by atoms with Gasteiger partial charge in [-0.05, 0) is 18.2 Å². The summed E-state index contributed by atoms with van der Waals surface area (Å²) < 4.78 is 13.4. The number of nitrogens with two attached hydrogens (primary N) is 1. The van der Waals surface area contributed by atoms with Crippen LogP contribution in [0.1, 0.15) is 5.69 Å². The fourth-order valence-electron chi connectivity index (χ4n) is 1.36. The molecule has 0 amide bonds. The Kier molecular flexibility index (Phi) is 3.36. The molecule has 0 saturated heterocycles. The van der Waals surface area contributed by atoms with Crippen LogP contribution >= 0.6 is 11.3 Å². The van der Waals surface area contributed by atoms with Gasteiger partial charge in [0.05, 0.1) is 16.9 Å². The molecule has 0 spiro atoms. The van der Waals surface area contributed by atoms with Crippen LogP contribution in [0.4, 0.5) is 15.8 Å². The lowest BCUT2D eigenvalue weighted by Gasteiger charge is -2.06. The minimum Gasteiger partial charge on any atom is -0.399 e. The molecule has 84 valence electrons. The highest BCUT2D eigenvalue weighted by molar-refractivity contribution is 7.07. The highest BCUT2D eigenvalue weighted by atomic mass is 32.1. The summed E-state index contributed by atoms with van der Waals surface area (Å²) in [4.78, 5) is 4.15. The van der Waals surface area contributed by atoms with Crippen molar-refractivity contribution in [3.05, 3.63) is 40.6 Å². The topological polar surface area (TPSA) is 50.9 Å². The van der Waals surface area contributed by atoms with Crippen molar-refractivity contribution < 1.29 is 4.39 Å². The van der Waals surface area contributed by atoms with Gasteiger partial charge in [0, 0.05) is 24.0 Å². The van der Waals surface area contributed by atoms with Crippen LogP contribution in [0, 0.1) is 5.82 Å². The molecule has 0 fully saturated rings. The van der Waals surface area contributed by atoms with Gasteiger partial charge in [0.1, 0.15) is 5.82 Å². The van der Waals surface area contributed by atoms with Gasteiger partial charge in [-0.15, -0.1) is 11.3 Å². The van der Waals surface area contributed by atoms with Gasteiger partial charge in [-0.25, -0.2) is 9.37 Å². The van der Waals surface area contributed by atoms with E-state index in [0.717, 1.165) is 12.1 Å². The van der Waals surface area contributed by atoms with Crippen LogP contribution in [-0.2, 0) is 6.42 Å². The van der Waals surface area contributed by atoms with Gasteiger partial charge in [0.15, 0.2) is 0 Å². The quantitative estimate of drug-likeness (QED) is 0.803. The van der Waals surface area contributed by atoms with Gasteiger partial charge in [0.25, 0.3) is 0 Å². The van der Waals surface area contributed by atoms with Gasteiger partial charge in [-0.3, -0.25) is 0 Å². The number of nitrogens with zero attached hydrogens (tertiary/aromatic N) is 1. The standard InChI is InChI=1S/C11H12FN3S/c12-10-5-8(13)1-2-11(10)14-4-3-9-6-16-7-15-9/h1-2,5-7,14H,3-4,13H2. The molecule has 3 N–H and O–H groups in total. The second kappa shape index (κ2) is 4.94. The van der Waals surface area contributed by atoms with E-state index in [-0.39, 0.29) is 5.82 Å². The number of hydrogen-bond donors (Lipinski definition) is 2. The van der Waals surface area contributed by atoms with Crippen molar-refractivity contribution in [2.75, 3.05) is 17.6 Å². The van der Waals surface area contributed by atoms with Crippen LogP contribution in [0.2, 0.25) is 0 Å². The van der Waals surface area contributed by atoms with Crippen LogP contribution in [0.15, 0.2) is 29.1 Å².